The van der Waals surface area contributed by atoms with Gasteiger partial charge in [-0.3, -0.25) is 0 Å². The van der Waals surface area contributed by atoms with Gasteiger partial charge in [0.25, 0.3) is 0 Å². The zero-order valence-corrected chi connectivity index (χ0v) is 12.8. The lowest BCUT2D eigenvalue weighted by Crippen LogP contribution is -2.34. The lowest BCUT2D eigenvalue weighted by molar-refractivity contribution is 0.215. The van der Waals surface area contributed by atoms with Crippen molar-refractivity contribution in [3.63, 3.8) is 0 Å². The van der Waals surface area contributed by atoms with Crippen molar-refractivity contribution in [3.8, 4) is 5.75 Å². The Bertz CT molecular complexity index is 616. The van der Waals surface area contributed by atoms with Gasteiger partial charge in [-0.1, -0.05) is 17.7 Å². The Balaban J connectivity index is 2.07. The summed E-state index contributed by atoms with van der Waals surface area (Å²) in [6.07, 6.45) is 1.47. The fraction of sp³-hybridized carbons (Fsp3) is 0.267. The summed E-state index contributed by atoms with van der Waals surface area (Å²) in [5.41, 5.74) is 0.447. The van der Waals surface area contributed by atoms with Gasteiger partial charge < -0.3 is 24.9 Å². The number of benzene rings is 1. The molecular weight excluding hydrogens is 308 g/mol. The number of aliphatic hydroxyl groups is 1. The van der Waals surface area contributed by atoms with Gasteiger partial charge in [0.15, 0.2) is 5.75 Å². The standard InChI is InChI=1S/C15H17ClN2O4/c1-2-21-14-10(16)5-3-6-11(14)17-15(20)18-12(9-19)13-7-4-8-22-13/h3-8,12,19H,2,9H2,1H3,(H2,17,18,20)/t12-/m0/s1. The normalized spacial score (nSPS) is 11.8. The van der Waals surface area contributed by atoms with Crippen LogP contribution in [0.2, 0.25) is 5.02 Å². The number of halogens is 1. The first-order valence-corrected chi connectivity index (χ1v) is 7.16. The van der Waals surface area contributed by atoms with Crippen molar-refractivity contribution < 1.29 is 19.1 Å². The average molecular weight is 325 g/mol. The number of furan rings is 1. The Labute approximate surface area is 133 Å². The molecule has 1 aromatic carbocycles. The van der Waals surface area contributed by atoms with E-state index in [9.17, 15) is 9.90 Å². The van der Waals surface area contributed by atoms with Crippen molar-refractivity contribution in [2.75, 3.05) is 18.5 Å². The number of ether oxygens (including phenoxy) is 1. The van der Waals surface area contributed by atoms with Gasteiger partial charge in [0.05, 0.1) is 30.2 Å². The Kier molecular flexibility index (Phi) is 5.68. The second-order valence-corrected chi connectivity index (χ2v) is 4.81. The van der Waals surface area contributed by atoms with E-state index in [-0.39, 0.29) is 6.61 Å². The minimum absolute atomic E-state index is 0.283. The SMILES string of the molecule is CCOc1c(Cl)cccc1NC(=O)N[C@@H](CO)c1ccco1. The highest BCUT2D eigenvalue weighted by molar-refractivity contribution is 6.32. The van der Waals surface area contributed by atoms with E-state index < -0.39 is 12.1 Å². The highest BCUT2D eigenvalue weighted by atomic mass is 35.5. The molecule has 2 amide bonds. The molecule has 3 N–H and O–H groups in total. The summed E-state index contributed by atoms with van der Waals surface area (Å²) in [5, 5.41) is 15.0. The van der Waals surface area contributed by atoms with E-state index in [4.69, 9.17) is 20.8 Å². The van der Waals surface area contributed by atoms with Gasteiger partial charge in [-0.15, -0.1) is 0 Å². The molecule has 0 saturated carbocycles. The van der Waals surface area contributed by atoms with Crippen molar-refractivity contribution >= 4 is 23.3 Å². The monoisotopic (exact) mass is 324 g/mol. The van der Waals surface area contributed by atoms with Gasteiger partial charge in [-0.05, 0) is 31.2 Å². The third kappa shape index (κ3) is 3.93. The first-order chi connectivity index (χ1) is 10.7. The van der Waals surface area contributed by atoms with Crippen LogP contribution in [-0.2, 0) is 0 Å². The highest BCUT2D eigenvalue weighted by Crippen LogP contribution is 2.32. The molecule has 7 heteroatoms. The summed E-state index contributed by atoms with van der Waals surface area (Å²) in [4.78, 5) is 12.1. The molecule has 0 bridgehead atoms. The fourth-order valence-electron chi connectivity index (χ4n) is 1.91. The van der Waals surface area contributed by atoms with Gasteiger partial charge in [-0.2, -0.15) is 0 Å². The lowest BCUT2D eigenvalue weighted by atomic mass is 10.2. The van der Waals surface area contributed by atoms with E-state index in [0.717, 1.165) is 0 Å². The number of carbonyl (C=O) groups is 1. The number of aliphatic hydroxyl groups excluding tert-OH is 1. The van der Waals surface area contributed by atoms with Crippen molar-refractivity contribution in [2.24, 2.45) is 0 Å². The van der Waals surface area contributed by atoms with Crippen molar-refractivity contribution in [1.82, 2.24) is 5.32 Å². The quantitative estimate of drug-likeness (QED) is 0.762. The lowest BCUT2D eigenvalue weighted by Gasteiger charge is -2.16. The van der Waals surface area contributed by atoms with E-state index in [0.29, 0.717) is 28.8 Å². The van der Waals surface area contributed by atoms with E-state index in [1.807, 2.05) is 6.92 Å². The number of rotatable bonds is 6. The number of amides is 2. The van der Waals surface area contributed by atoms with E-state index in [1.54, 1.807) is 30.3 Å². The van der Waals surface area contributed by atoms with Crippen LogP contribution in [0.1, 0.15) is 18.7 Å². The molecule has 22 heavy (non-hydrogen) atoms. The van der Waals surface area contributed by atoms with Crippen LogP contribution in [0.4, 0.5) is 10.5 Å². The Hall–Kier alpha value is -2.18. The zero-order chi connectivity index (χ0) is 15.9. The molecule has 2 aromatic rings. The molecule has 118 valence electrons. The fourth-order valence-corrected chi connectivity index (χ4v) is 2.14. The maximum absolute atomic E-state index is 12.1. The first-order valence-electron chi connectivity index (χ1n) is 6.78. The minimum Gasteiger partial charge on any atom is -0.490 e. The Morgan fingerprint density at radius 1 is 1.41 bits per heavy atom. The molecule has 0 radical (unpaired) electrons. The molecule has 0 aliphatic heterocycles. The predicted molar refractivity (Wildman–Crippen MR) is 83.3 cm³/mol. The largest absolute Gasteiger partial charge is 0.490 e. The van der Waals surface area contributed by atoms with Gasteiger partial charge in [0.2, 0.25) is 0 Å². The van der Waals surface area contributed by atoms with Crippen LogP contribution in [0.25, 0.3) is 0 Å². The summed E-state index contributed by atoms with van der Waals surface area (Å²) in [6.45, 7) is 1.96. The molecule has 2 rings (SSSR count). The number of carbonyl (C=O) groups excluding carboxylic acids is 1. The molecule has 1 atom stereocenters. The highest BCUT2D eigenvalue weighted by Gasteiger charge is 2.17. The van der Waals surface area contributed by atoms with Gasteiger partial charge in [0.1, 0.15) is 11.8 Å². The zero-order valence-electron chi connectivity index (χ0n) is 12.0. The smallest absolute Gasteiger partial charge is 0.320 e. The molecule has 0 aliphatic carbocycles. The third-order valence-electron chi connectivity index (χ3n) is 2.88. The van der Waals surface area contributed by atoms with Crippen LogP contribution in [0.3, 0.4) is 0 Å². The number of hydrogen-bond donors (Lipinski definition) is 3. The topological polar surface area (TPSA) is 83.7 Å². The van der Waals surface area contributed by atoms with Gasteiger partial charge in [-0.25, -0.2) is 4.79 Å². The third-order valence-corrected chi connectivity index (χ3v) is 3.18. The molecule has 0 unspecified atom stereocenters. The average Bonchev–Trinajstić information content (AvgIpc) is 3.02. The minimum atomic E-state index is -0.635. The molecule has 6 nitrogen and oxygen atoms in total. The molecule has 0 fully saturated rings. The molecule has 0 saturated heterocycles. The van der Waals surface area contributed by atoms with Crippen molar-refractivity contribution in [1.29, 1.82) is 0 Å². The first kappa shape index (κ1) is 16.2. The van der Waals surface area contributed by atoms with E-state index in [1.165, 1.54) is 6.26 Å². The van der Waals surface area contributed by atoms with Crippen LogP contribution in [-0.4, -0.2) is 24.4 Å². The number of nitrogens with one attached hydrogen (secondary N) is 2. The predicted octanol–water partition coefficient (Wildman–Crippen LogP) is 3.19. The van der Waals surface area contributed by atoms with Crippen LogP contribution in [0, 0.1) is 0 Å². The van der Waals surface area contributed by atoms with Crippen LogP contribution < -0.4 is 15.4 Å². The maximum atomic E-state index is 12.1. The summed E-state index contributed by atoms with van der Waals surface area (Å²) in [5.74, 6) is 0.870. The molecule has 0 aliphatic rings. The number of anilines is 1. The Morgan fingerprint density at radius 3 is 2.86 bits per heavy atom. The van der Waals surface area contributed by atoms with Crippen LogP contribution in [0.15, 0.2) is 41.0 Å². The second-order valence-electron chi connectivity index (χ2n) is 4.40. The maximum Gasteiger partial charge on any atom is 0.320 e. The molecule has 1 aromatic heterocycles. The van der Waals surface area contributed by atoms with Gasteiger partial charge in [0, 0.05) is 0 Å². The summed E-state index contributed by atoms with van der Waals surface area (Å²) < 4.78 is 10.6. The molecular formula is C15H17ClN2O4. The van der Waals surface area contributed by atoms with E-state index >= 15 is 0 Å². The molecule has 1 heterocycles. The summed E-state index contributed by atoms with van der Waals surface area (Å²) in [6, 6.07) is 7.28. The number of hydrogen-bond acceptors (Lipinski definition) is 4. The number of urea groups is 1. The summed E-state index contributed by atoms with van der Waals surface area (Å²) in [7, 11) is 0. The van der Waals surface area contributed by atoms with Crippen LogP contribution >= 0.6 is 11.6 Å². The molecule has 0 spiro atoms. The number of para-hydroxylation sites is 1. The second kappa shape index (κ2) is 7.72. The van der Waals surface area contributed by atoms with E-state index in [2.05, 4.69) is 10.6 Å². The van der Waals surface area contributed by atoms with Gasteiger partial charge >= 0.3 is 6.03 Å². The summed E-state index contributed by atoms with van der Waals surface area (Å²) >= 11 is 6.05. The van der Waals surface area contributed by atoms with Crippen molar-refractivity contribution in [2.45, 2.75) is 13.0 Å². The van der Waals surface area contributed by atoms with Crippen molar-refractivity contribution in [3.05, 3.63) is 47.4 Å². The van der Waals surface area contributed by atoms with Crippen LogP contribution in [0.5, 0.6) is 5.75 Å². The Morgan fingerprint density at radius 2 is 2.23 bits per heavy atom.